The molecule has 1 rings (SSSR count). The number of nitrogen functional groups attached to an aromatic ring is 1. The quantitative estimate of drug-likeness (QED) is 0.685. The number of nitrogens with two attached hydrogens (primary N) is 1. The topological polar surface area (TPSA) is 59.1 Å². The van der Waals surface area contributed by atoms with E-state index in [4.69, 9.17) is 10.8 Å². The lowest BCUT2D eigenvalue weighted by Gasteiger charge is -1.99. The van der Waals surface area contributed by atoms with E-state index in [0.717, 1.165) is 5.56 Å². The number of aryl methyl sites for hydroxylation is 1. The fourth-order valence-corrected chi connectivity index (χ4v) is 0.906. The highest BCUT2D eigenvalue weighted by molar-refractivity contribution is 5.61. The monoisotopic (exact) mass is 164 g/mol. The first kappa shape index (κ1) is 8.74. The molecule has 3 nitrogen and oxygen atoms in total. The Labute approximate surface area is 71.6 Å². The first-order valence-electron chi connectivity index (χ1n) is 3.73. The van der Waals surface area contributed by atoms with Gasteiger partial charge in [-0.1, -0.05) is 6.08 Å². The third-order valence-corrected chi connectivity index (χ3v) is 1.47. The van der Waals surface area contributed by atoms with Crippen LogP contribution in [0.5, 0.6) is 0 Å². The van der Waals surface area contributed by atoms with Gasteiger partial charge in [-0.15, -0.1) is 0 Å². The van der Waals surface area contributed by atoms with Crippen molar-refractivity contribution in [2.45, 2.75) is 6.92 Å². The van der Waals surface area contributed by atoms with Gasteiger partial charge in [0, 0.05) is 6.20 Å². The molecule has 0 aromatic carbocycles. The van der Waals surface area contributed by atoms with Crippen molar-refractivity contribution in [2.24, 2.45) is 0 Å². The lowest BCUT2D eigenvalue weighted by Crippen LogP contribution is -1.93. The Balaban J connectivity index is 2.94. The number of aliphatic hydroxyl groups is 1. The molecule has 0 bridgehead atoms. The zero-order valence-corrected chi connectivity index (χ0v) is 6.99. The predicted molar refractivity (Wildman–Crippen MR) is 49.5 cm³/mol. The van der Waals surface area contributed by atoms with E-state index in [9.17, 15) is 0 Å². The number of aromatic nitrogens is 1. The normalized spacial score (nSPS) is 10.8. The summed E-state index contributed by atoms with van der Waals surface area (Å²) in [6.45, 7) is 1.94. The minimum atomic E-state index is 0.00893. The molecular formula is C9H12N2O. The van der Waals surface area contributed by atoms with Gasteiger partial charge in [0.05, 0.1) is 18.0 Å². The maximum Gasteiger partial charge on any atom is 0.0856 e. The molecule has 0 saturated heterocycles. The van der Waals surface area contributed by atoms with Gasteiger partial charge in [0.25, 0.3) is 0 Å². The van der Waals surface area contributed by atoms with Gasteiger partial charge >= 0.3 is 0 Å². The second-order valence-corrected chi connectivity index (χ2v) is 2.57. The lowest BCUT2D eigenvalue weighted by atomic mass is 10.2. The highest BCUT2D eigenvalue weighted by Crippen LogP contribution is 2.11. The first-order chi connectivity index (χ1) is 5.74. The molecule has 12 heavy (non-hydrogen) atoms. The Hall–Kier alpha value is -1.35. The number of hydrogen-bond donors (Lipinski definition) is 2. The highest BCUT2D eigenvalue weighted by atomic mass is 16.2. The average Bonchev–Trinajstić information content (AvgIpc) is 2.03. The van der Waals surface area contributed by atoms with Crippen LogP contribution < -0.4 is 5.73 Å². The van der Waals surface area contributed by atoms with Crippen LogP contribution in [-0.4, -0.2) is 16.7 Å². The van der Waals surface area contributed by atoms with E-state index in [-0.39, 0.29) is 6.61 Å². The number of hydrogen-bond acceptors (Lipinski definition) is 3. The Kier molecular flexibility index (Phi) is 2.82. The Bertz CT molecular complexity index is 295. The van der Waals surface area contributed by atoms with Crippen LogP contribution in [0.15, 0.2) is 18.3 Å². The summed E-state index contributed by atoms with van der Waals surface area (Å²) in [5.74, 6) is 0. The third kappa shape index (κ3) is 2.07. The molecule has 0 fully saturated rings. The van der Waals surface area contributed by atoms with Crippen molar-refractivity contribution >= 4 is 11.8 Å². The van der Waals surface area contributed by atoms with Crippen molar-refractivity contribution in [3.05, 3.63) is 29.6 Å². The van der Waals surface area contributed by atoms with E-state index in [1.165, 1.54) is 0 Å². The van der Waals surface area contributed by atoms with Crippen molar-refractivity contribution in [3.63, 3.8) is 0 Å². The molecule has 1 aromatic heterocycles. The van der Waals surface area contributed by atoms with E-state index in [0.29, 0.717) is 11.4 Å². The molecule has 1 heterocycles. The molecule has 64 valence electrons. The van der Waals surface area contributed by atoms with Gasteiger partial charge in [-0.05, 0) is 24.6 Å². The van der Waals surface area contributed by atoms with E-state index < -0.39 is 0 Å². The van der Waals surface area contributed by atoms with Crippen LogP contribution >= 0.6 is 0 Å². The van der Waals surface area contributed by atoms with Crippen LogP contribution in [0.3, 0.4) is 0 Å². The molecule has 0 aliphatic carbocycles. The SMILES string of the molecule is Cc1cnc(C=CCO)c(N)c1. The van der Waals surface area contributed by atoms with Gasteiger partial charge in [-0.3, -0.25) is 4.98 Å². The Morgan fingerprint density at radius 1 is 1.67 bits per heavy atom. The number of nitrogens with zero attached hydrogens (tertiary/aromatic N) is 1. The van der Waals surface area contributed by atoms with Crippen molar-refractivity contribution < 1.29 is 5.11 Å². The smallest absolute Gasteiger partial charge is 0.0856 e. The van der Waals surface area contributed by atoms with E-state index in [1.54, 1.807) is 18.3 Å². The van der Waals surface area contributed by atoms with Gasteiger partial charge in [0.15, 0.2) is 0 Å². The van der Waals surface area contributed by atoms with Crippen LogP contribution in [0.1, 0.15) is 11.3 Å². The molecule has 0 atom stereocenters. The van der Waals surface area contributed by atoms with Gasteiger partial charge in [0.1, 0.15) is 0 Å². The Morgan fingerprint density at radius 3 is 3.00 bits per heavy atom. The molecule has 0 saturated carbocycles. The summed E-state index contributed by atoms with van der Waals surface area (Å²) in [7, 11) is 0. The number of anilines is 1. The standard InChI is InChI=1S/C9H12N2O/c1-7-5-8(10)9(11-6-7)3-2-4-12/h2-3,5-6,12H,4,10H2,1H3. The van der Waals surface area contributed by atoms with Crippen LogP contribution in [0.4, 0.5) is 5.69 Å². The fraction of sp³-hybridized carbons (Fsp3) is 0.222. The Morgan fingerprint density at radius 2 is 2.42 bits per heavy atom. The van der Waals surface area contributed by atoms with Crippen LogP contribution in [0.25, 0.3) is 6.08 Å². The second-order valence-electron chi connectivity index (χ2n) is 2.57. The first-order valence-corrected chi connectivity index (χ1v) is 3.73. The largest absolute Gasteiger partial charge is 0.397 e. The molecule has 1 aromatic rings. The zero-order valence-electron chi connectivity index (χ0n) is 6.99. The van der Waals surface area contributed by atoms with E-state index in [1.807, 2.05) is 13.0 Å². The molecule has 0 radical (unpaired) electrons. The van der Waals surface area contributed by atoms with E-state index >= 15 is 0 Å². The minimum absolute atomic E-state index is 0.00893. The highest BCUT2D eigenvalue weighted by Gasteiger charge is 1.95. The number of aliphatic hydroxyl groups excluding tert-OH is 1. The number of rotatable bonds is 2. The average molecular weight is 164 g/mol. The molecule has 3 heteroatoms. The minimum Gasteiger partial charge on any atom is -0.397 e. The molecule has 0 spiro atoms. The van der Waals surface area contributed by atoms with Crippen molar-refractivity contribution in [1.29, 1.82) is 0 Å². The van der Waals surface area contributed by atoms with Gasteiger partial charge < -0.3 is 10.8 Å². The maximum atomic E-state index is 8.52. The molecule has 0 aliphatic heterocycles. The van der Waals surface area contributed by atoms with E-state index in [2.05, 4.69) is 4.98 Å². The third-order valence-electron chi connectivity index (χ3n) is 1.47. The summed E-state index contributed by atoms with van der Waals surface area (Å²) in [5, 5.41) is 8.52. The second kappa shape index (κ2) is 3.88. The summed E-state index contributed by atoms with van der Waals surface area (Å²) in [6, 6.07) is 1.85. The maximum absolute atomic E-state index is 8.52. The summed E-state index contributed by atoms with van der Waals surface area (Å²) in [5.41, 5.74) is 8.04. The molecule has 0 unspecified atom stereocenters. The summed E-state index contributed by atoms with van der Waals surface area (Å²) < 4.78 is 0. The molecule has 0 amide bonds. The lowest BCUT2D eigenvalue weighted by molar-refractivity contribution is 0.343. The van der Waals surface area contributed by atoms with Crippen LogP contribution in [0.2, 0.25) is 0 Å². The number of pyridine rings is 1. The van der Waals surface area contributed by atoms with Gasteiger partial charge in [-0.2, -0.15) is 0 Å². The molecule has 0 aliphatic rings. The van der Waals surface area contributed by atoms with Crippen molar-refractivity contribution in [3.8, 4) is 0 Å². The van der Waals surface area contributed by atoms with Crippen molar-refractivity contribution in [1.82, 2.24) is 4.98 Å². The fourth-order valence-electron chi connectivity index (χ4n) is 0.906. The molecular weight excluding hydrogens is 152 g/mol. The molecule has 3 N–H and O–H groups in total. The predicted octanol–water partition coefficient (Wildman–Crippen LogP) is 0.978. The van der Waals surface area contributed by atoms with Crippen molar-refractivity contribution in [2.75, 3.05) is 12.3 Å². The zero-order chi connectivity index (χ0) is 8.97. The van der Waals surface area contributed by atoms with Gasteiger partial charge in [-0.25, -0.2) is 0 Å². The van der Waals surface area contributed by atoms with Crippen LogP contribution in [-0.2, 0) is 0 Å². The van der Waals surface area contributed by atoms with Gasteiger partial charge in [0.2, 0.25) is 0 Å². The summed E-state index contributed by atoms with van der Waals surface area (Å²) >= 11 is 0. The van der Waals surface area contributed by atoms with Crippen LogP contribution in [0, 0.1) is 6.92 Å². The summed E-state index contributed by atoms with van der Waals surface area (Å²) in [4.78, 5) is 4.09. The summed E-state index contributed by atoms with van der Waals surface area (Å²) in [6.07, 6.45) is 5.05.